The number of hydrogen-bond donors (Lipinski definition) is 1. The number of ether oxygens (including phenoxy) is 3. The molecule has 0 aromatic rings. The first-order chi connectivity index (χ1) is 12.2. The summed E-state index contributed by atoms with van der Waals surface area (Å²) in [6.07, 6.45) is 3.89. The van der Waals surface area contributed by atoms with Crippen molar-refractivity contribution in [1.82, 2.24) is 10.2 Å². The van der Waals surface area contributed by atoms with Crippen LogP contribution >= 0.6 is 0 Å². The molecule has 2 aliphatic rings. The van der Waals surface area contributed by atoms with Gasteiger partial charge in [0.25, 0.3) is 0 Å². The van der Waals surface area contributed by atoms with E-state index in [1.165, 1.54) is 0 Å². The molecule has 2 aliphatic heterocycles. The van der Waals surface area contributed by atoms with E-state index in [0.29, 0.717) is 5.92 Å². The van der Waals surface area contributed by atoms with Crippen LogP contribution in [0.25, 0.3) is 0 Å². The van der Waals surface area contributed by atoms with Crippen molar-refractivity contribution >= 4 is 5.96 Å². The number of morpholine rings is 1. The van der Waals surface area contributed by atoms with Crippen LogP contribution in [0.1, 0.15) is 47.0 Å². The molecule has 0 aromatic carbocycles. The van der Waals surface area contributed by atoms with Gasteiger partial charge in [-0.25, -0.2) is 0 Å². The van der Waals surface area contributed by atoms with Crippen LogP contribution in [0, 0.1) is 5.92 Å². The molecule has 0 spiro atoms. The number of aliphatic imine (C=N–C) groups is 1. The molecule has 1 N–H and O–H groups in total. The molecule has 146 valence electrons. The summed E-state index contributed by atoms with van der Waals surface area (Å²) < 4.78 is 17.6. The summed E-state index contributed by atoms with van der Waals surface area (Å²) in [7, 11) is 0. The van der Waals surface area contributed by atoms with Gasteiger partial charge in [-0.2, -0.15) is 0 Å². The molecule has 0 radical (unpaired) electrons. The number of nitrogens with one attached hydrogen (secondary N) is 1. The maximum atomic E-state index is 5.96. The maximum Gasteiger partial charge on any atom is 0.194 e. The molecule has 2 saturated heterocycles. The first-order valence-electron chi connectivity index (χ1n) is 10.0. The van der Waals surface area contributed by atoms with Gasteiger partial charge in [-0.15, -0.1) is 0 Å². The van der Waals surface area contributed by atoms with Crippen LogP contribution in [0.3, 0.4) is 0 Å². The molecule has 2 fully saturated rings. The predicted molar refractivity (Wildman–Crippen MR) is 101 cm³/mol. The van der Waals surface area contributed by atoms with Gasteiger partial charge in [0, 0.05) is 39.4 Å². The predicted octanol–water partition coefficient (Wildman–Crippen LogP) is 2.28. The number of rotatable bonds is 8. The summed E-state index contributed by atoms with van der Waals surface area (Å²) in [5.74, 6) is 1.51. The van der Waals surface area contributed by atoms with E-state index in [-0.39, 0.29) is 18.3 Å². The molecule has 0 aliphatic carbocycles. The average Bonchev–Trinajstić information content (AvgIpc) is 3.15. The minimum absolute atomic E-state index is 0.159. The monoisotopic (exact) mass is 355 g/mol. The van der Waals surface area contributed by atoms with E-state index in [0.717, 1.165) is 71.2 Å². The second kappa shape index (κ2) is 11.0. The Kier molecular flexibility index (Phi) is 8.99. The van der Waals surface area contributed by atoms with Gasteiger partial charge in [-0.3, -0.25) is 4.99 Å². The molecule has 3 atom stereocenters. The highest BCUT2D eigenvalue weighted by atomic mass is 16.5. The van der Waals surface area contributed by atoms with E-state index in [4.69, 9.17) is 19.2 Å². The zero-order valence-electron chi connectivity index (χ0n) is 16.5. The maximum absolute atomic E-state index is 5.96. The number of guanidine groups is 1. The Morgan fingerprint density at radius 1 is 1.24 bits per heavy atom. The van der Waals surface area contributed by atoms with Gasteiger partial charge in [-0.05, 0) is 39.0 Å². The number of hydrogen-bond acceptors (Lipinski definition) is 4. The quantitative estimate of drug-likeness (QED) is 0.535. The molecule has 0 amide bonds. The molecular weight excluding hydrogens is 318 g/mol. The second-order valence-electron chi connectivity index (χ2n) is 7.17. The lowest BCUT2D eigenvalue weighted by molar-refractivity contribution is -0.0817. The lowest BCUT2D eigenvalue weighted by Gasteiger charge is -2.37. The van der Waals surface area contributed by atoms with Crippen LogP contribution in [0.15, 0.2) is 4.99 Å². The van der Waals surface area contributed by atoms with Gasteiger partial charge in [0.1, 0.15) is 6.10 Å². The molecule has 2 heterocycles. The Morgan fingerprint density at radius 2 is 2.04 bits per heavy atom. The lowest BCUT2D eigenvalue weighted by atomic mass is 10.0. The highest BCUT2D eigenvalue weighted by Crippen LogP contribution is 2.21. The van der Waals surface area contributed by atoms with Crippen molar-refractivity contribution < 1.29 is 14.2 Å². The summed E-state index contributed by atoms with van der Waals surface area (Å²) in [6, 6.07) is 0. The van der Waals surface area contributed by atoms with E-state index in [1.807, 2.05) is 0 Å². The van der Waals surface area contributed by atoms with Gasteiger partial charge >= 0.3 is 0 Å². The third-order valence-electron chi connectivity index (χ3n) is 4.91. The fourth-order valence-corrected chi connectivity index (χ4v) is 3.54. The number of nitrogens with zero attached hydrogens (tertiary/aromatic N) is 2. The molecular formula is C19H37N3O3. The van der Waals surface area contributed by atoms with E-state index in [1.54, 1.807) is 0 Å². The minimum Gasteiger partial charge on any atom is -0.378 e. The molecule has 3 unspecified atom stereocenters. The fourth-order valence-electron chi connectivity index (χ4n) is 3.54. The minimum atomic E-state index is 0.159. The van der Waals surface area contributed by atoms with Gasteiger partial charge in [-0.1, -0.05) is 13.8 Å². The van der Waals surface area contributed by atoms with Crippen LogP contribution < -0.4 is 5.32 Å². The van der Waals surface area contributed by atoms with Crippen LogP contribution in [0.4, 0.5) is 0 Å². The van der Waals surface area contributed by atoms with Crippen molar-refractivity contribution in [3.8, 4) is 0 Å². The highest BCUT2D eigenvalue weighted by molar-refractivity contribution is 5.80. The van der Waals surface area contributed by atoms with Gasteiger partial charge in [0.15, 0.2) is 5.96 Å². The van der Waals surface area contributed by atoms with Gasteiger partial charge in [0.2, 0.25) is 0 Å². The largest absolute Gasteiger partial charge is 0.378 e. The van der Waals surface area contributed by atoms with Crippen LogP contribution in [0.2, 0.25) is 0 Å². The molecule has 6 heteroatoms. The lowest BCUT2D eigenvalue weighted by Crippen LogP contribution is -2.53. The average molecular weight is 356 g/mol. The standard InChI is InChI=1S/C19H37N3O3/c1-5-20-19(21-10-9-16(15(3)4)23-6-2)22-11-13-25-18(14-22)17-8-7-12-24-17/h15-18H,5-14H2,1-4H3,(H,20,21). The molecule has 0 bridgehead atoms. The molecule has 2 rings (SSSR count). The third-order valence-corrected chi connectivity index (χ3v) is 4.91. The van der Waals surface area contributed by atoms with Crippen molar-refractivity contribution in [3.05, 3.63) is 0 Å². The zero-order valence-corrected chi connectivity index (χ0v) is 16.5. The Morgan fingerprint density at radius 3 is 2.68 bits per heavy atom. The Bertz CT molecular complexity index is 397. The first-order valence-corrected chi connectivity index (χ1v) is 10.0. The Hall–Kier alpha value is -0.850. The topological polar surface area (TPSA) is 55.3 Å². The Balaban J connectivity index is 1.91. The van der Waals surface area contributed by atoms with E-state index >= 15 is 0 Å². The summed E-state index contributed by atoms with van der Waals surface area (Å²) in [4.78, 5) is 7.18. The molecule has 0 aromatic heterocycles. The van der Waals surface area contributed by atoms with Crippen molar-refractivity contribution in [2.45, 2.75) is 65.3 Å². The van der Waals surface area contributed by atoms with E-state index in [9.17, 15) is 0 Å². The van der Waals surface area contributed by atoms with Gasteiger partial charge < -0.3 is 24.4 Å². The molecule has 6 nitrogen and oxygen atoms in total. The van der Waals surface area contributed by atoms with Crippen molar-refractivity contribution in [3.63, 3.8) is 0 Å². The summed E-state index contributed by atoms with van der Waals surface area (Å²) in [5, 5.41) is 3.44. The van der Waals surface area contributed by atoms with Crippen molar-refractivity contribution in [2.24, 2.45) is 10.9 Å². The SMILES string of the molecule is CCNC(=NCCC(OCC)C(C)C)N1CCOC(C2CCCO2)C1. The molecule has 25 heavy (non-hydrogen) atoms. The molecule has 0 saturated carbocycles. The summed E-state index contributed by atoms with van der Waals surface area (Å²) >= 11 is 0. The van der Waals surface area contributed by atoms with Crippen LogP contribution in [-0.2, 0) is 14.2 Å². The van der Waals surface area contributed by atoms with Crippen molar-refractivity contribution in [2.75, 3.05) is 46.0 Å². The first kappa shape index (κ1) is 20.5. The van der Waals surface area contributed by atoms with Gasteiger partial charge in [0.05, 0.1) is 18.8 Å². The third kappa shape index (κ3) is 6.42. The smallest absolute Gasteiger partial charge is 0.194 e. The van der Waals surface area contributed by atoms with Crippen molar-refractivity contribution in [1.29, 1.82) is 0 Å². The summed E-state index contributed by atoms with van der Waals surface area (Å²) in [5.41, 5.74) is 0. The summed E-state index contributed by atoms with van der Waals surface area (Å²) in [6.45, 7) is 14.4. The Labute approximate surface area is 153 Å². The highest BCUT2D eigenvalue weighted by Gasteiger charge is 2.32. The second-order valence-corrected chi connectivity index (χ2v) is 7.17. The van der Waals surface area contributed by atoms with E-state index < -0.39 is 0 Å². The fraction of sp³-hybridized carbons (Fsp3) is 0.947. The van der Waals surface area contributed by atoms with E-state index in [2.05, 4.69) is 37.9 Å². The van der Waals surface area contributed by atoms with Crippen LogP contribution in [0.5, 0.6) is 0 Å². The zero-order chi connectivity index (χ0) is 18.1. The van der Waals surface area contributed by atoms with Crippen LogP contribution in [-0.4, -0.2) is 75.2 Å². The normalized spacial score (nSPS) is 26.3.